The van der Waals surface area contributed by atoms with Gasteiger partial charge in [-0.2, -0.15) is 4.98 Å². The smallest absolute Gasteiger partial charge is 0.268 e. The first-order valence-electron chi connectivity index (χ1n) is 21.3. The fourth-order valence-corrected chi connectivity index (χ4v) is 9.90. The Hall–Kier alpha value is -4.87. The van der Waals surface area contributed by atoms with Crippen molar-refractivity contribution in [2.24, 2.45) is 11.8 Å². The predicted molar refractivity (Wildman–Crippen MR) is 237 cm³/mol. The molecule has 2 aromatic carbocycles. The van der Waals surface area contributed by atoms with E-state index in [4.69, 9.17) is 16.6 Å². The normalized spacial score (nSPS) is 23.9. The Bertz CT molecular complexity index is 2200. The molecular formula is C47H56ClF2N9. The summed E-state index contributed by atoms with van der Waals surface area (Å²) >= 11 is 6.69. The average Bonchev–Trinajstić information content (AvgIpc) is 4.09. The van der Waals surface area contributed by atoms with Crippen LogP contribution in [0.4, 0.5) is 31.9 Å². The largest absolute Gasteiger partial charge is 0.375 e. The number of alkyl halides is 2. The van der Waals surface area contributed by atoms with Crippen LogP contribution in [-0.4, -0.2) is 84.6 Å². The number of rotatable bonds is 9. The number of piperidine rings is 2. The SMILES string of the molecule is C=C1CCC(c2cccc(C(=C)N3CCN(CC4CCN(c5ncc(Cl)c(Nc6ccc7c(c6)C6=C(CCC(F)(F)C(C8CC8)N6)C(=C)N7C)n5)CC4)CC3)c2)C(=C)N1. The van der Waals surface area contributed by atoms with Crippen molar-refractivity contribution < 1.29 is 8.78 Å². The van der Waals surface area contributed by atoms with E-state index in [1.165, 1.54) is 11.1 Å². The summed E-state index contributed by atoms with van der Waals surface area (Å²) in [5.74, 6) is -0.723. The summed E-state index contributed by atoms with van der Waals surface area (Å²) in [6.07, 6.45) is 7.54. The lowest BCUT2D eigenvalue weighted by molar-refractivity contribution is -0.0441. The first-order chi connectivity index (χ1) is 28.4. The van der Waals surface area contributed by atoms with Crippen molar-refractivity contribution in [1.29, 1.82) is 0 Å². The highest BCUT2D eigenvalue weighted by Gasteiger charge is 2.50. The van der Waals surface area contributed by atoms with E-state index in [1.807, 2.05) is 30.1 Å². The maximum atomic E-state index is 15.4. The summed E-state index contributed by atoms with van der Waals surface area (Å²) in [6.45, 7) is 24.0. The van der Waals surface area contributed by atoms with E-state index in [-0.39, 0.29) is 18.8 Å². The van der Waals surface area contributed by atoms with Crippen molar-refractivity contribution in [3.63, 3.8) is 0 Å². The third kappa shape index (κ3) is 8.08. The lowest BCUT2D eigenvalue weighted by Gasteiger charge is -2.40. The Morgan fingerprint density at radius 3 is 2.49 bits per heavy atom. The summed E-state index contributed by atoms with van der Waals surface area (Å²) in [6, 6.07) is 13.9. The lowest BCUT2D eigenvalue weighted by atomic mass is 9.87. The molecule has 59 heavy (non-hydrogen) atoms. The van der Waals surface area contributed by atoms with Crippen LogP contribution in [0.15, 0.2) is 97.6 Å². The molecule has 3 aromatic rings. The van der Waals surface area contributed by atoms with Gasteiger partial charge in [-0.05, 0) is 97.7 Å². The summed E-state index contributed by atoms with van der Waals surface area (Å²) < 4.78 is 30.7. The molecule has 3 saturated heterocycles. The number of piperazine rings is 1. The molecule has 2 unspecified atom stereocenters. The number of fused-ring (bicyclic) bond motifs is 2. The van der Waals surface area contributed by atoms with Crippen LogP contribution in [0.2, 0.25) is 5.02 Å². The standard InChI is InChI=1S/C47H56ClF2N9/c1-29-9-13-38(30(2)52-29)36-8-6-7-35(25-36)31(3)58-23-21-57(22-24-58)28-33-16-19-59(20-17-33)46-51-27-41(48)45(55-46)53-37-12-14-42-40(26-37)43-39(32(4)56(42)5)15-18-47(49,50)44(54-43)34-10-11-34/h6-8,12,14,25-27,33-34,38,44,52,54H,1-4,9-11,13,15-24,28H2,5H3,(H,51,53,55). The van der Waals surface area contributed by atoms with Crippen LogP contribution in [0.25, 0.3) is 11.4 Å². The monoisotopic (exact) mass is 819 g/mol. The van der Waals surface area contributed by atoms with Gasteiger partial charge in [-0.1, -0.05) is 56.1 Å². The van der Waals surface area contributed by atoms with E-state index >= 15 is 8.78 Å². The lowest BCUT2D eigenvalue weighted by Crippen LogP contribution is -2.48. The van der Waals surface area contributed by atoms with E-state index in [9.17, 15) is 0 Å². The summed E-state index contributed by atoms with van der Waals surface area (Å²) in [4.78, 5) is 18.8. The van der Waals surface area contributed by atoms with Gasteiger partial charge in [0.1, 0.15) is 5.02 Å². The number of anilines is 4. The second kappa shape index (κ2) is 16.0. The molecule has 0 bridgehead atoms. The second-order valence-electron chi connectivity index (χ2n) is 17.4. The van der Waals surface area contributed by atoms with Crippen molar-refractivity contribution in [1.82, 2.24) is 30.4 Å². The molecule has 3 N–H and O–H groups in total. The van der Waals surface area contributed by atoms with E-state index in [1.54, 1.807) is 6.20 Å². The molecule has 310 valence electrons. The van der Waals surface area contributed by atoms with Crippen LogP contribution in [0, 0.1) is 11.8 Å². The van der Waals surface area contributed by atoms with Crippen molar-refractivity contribution >= 4 is 46.1 Å². The van der Waals surface area contributed by atoms with Crippen LogP contribution >= 0.6 is 11.6 Å². The van der Waals surface area contributed by atoms with E-state index in [2.05, 4.69) is 86.2 Å². The number of hydrogen-bond donors (Lipinski definition) is 3. The number of aromatic nitrogens is 2. The van der Waals surface area contributed by atoms with Crippen molar-refractivity contribution in [3.05, 3.63) is 119 Å². The Morgan fingerprint density at radius 2 is 1.75 bits per heavy atom. The fourth-order valence-electron chi connectivity index (χ4n) is 9.77. The first kappa shape index (κ1) is 39.6. The molecule has 9 nitrogen and oxygen atoms in total. The number of likely N-dealkylation sites (N-methyl/N-ethyl adjacent to an activating group) is 1. The summed E-state index contributed by atoms with van der Waals surface area (Å²) in [5.41, 5.74) is 10.6. The maximum Gasteiger partial charge on any atom is 0.268 e. The van der Waals surface area contributed by atoms with Crippen LogP contribution < -0.4 is 25.8 Å². The quantitative estimate of drug-likeness (QED) is 0.196. The molecule has 5 aliphatic heterocycles. The summed E-state index contributed by atoms with van der Waals surface area (Å²) in [5, 5.41) is 10.5. The van der Waals surface area contributed by atoms with Crippen LogP contribution in [0.5, 0.6) is 0 Å². The maximum absolute atomic E-state index is 15.4. The van der Waals surface area contributed by atoms with Gasteiger partial charge in [0, 0.05) is 105 Å². The van der Waals surface area contributed by atoms with Gasteiger partial charge in [-0.25, -0.2) is 13.8 Å². The van der Waals surface area contributed by atoms with Crippen LogP contribution in [0.1, 0.15) is 74.0 Å². The van der Waals surface area contributed by atoms with Gasteiger partial charge >= 0.3 is 0 Å². The van der Waals surface area contributed by atoms with E-state index in [0.717, 1.165) is 135 Å². The van der Waals surface area contributed by atoms with Crippen LogP contribution in [-0.2, 0) is 0 Å². The third-order valence-electron chi connectivity index (χ3n) is 13.5. The number of nitrogens with one attached hydrogen (secondary N) is 3. The van der Waals surface area contributed by atoms with E-state index in [0.29, 0.717) is 28.6 Å². The Balaban J connectivity index is 0.798. The zero-order valence-corrected chi connectivity index (χ0v) is 34.9. The number of nitrogens with zero attached hydrogens (tertiary/aromatic N) is 6. The highest BCUT2D eigenvalue weighted by atomic mass is 35.5. The minimum absolute atomic E-state index is 0.0117. The third-order valence-corrected chi connectivity index (χ3v) is 13.8. The van der Waals surface area contributed by atoms with E-state index < -0.39 is 12.0 Å². The molecule has 9 rings (SSSR count). The number of benzene rings is 2. The van der Waals surface area contributed by atoms with Gasteiger partial charge < -0.3 is 30.7 Å². The zero-order chi connectivity index (χ0) is 41.0. The molecular weight excluding hydrogens is 764 g/mol. The molecule has 1 saturated carbocycles. The average molecular weight is 820 g/mol. The second-order valence-corrected chi connectivity index (χ2v) is 17.8. The van der Waals surface area contributed by atoms with Crippen molar-refractivity contribution in [2.75, 3.05) is 68.0 Å². The molecule has 0 spiro atoms. The predicted octanol–water partition coefficient (Wildman–Crippen LogP) is 9.34. The Kier molecular flexibility index (Phi) is 10.7. The van der Waals surface area contributed by atoms with Crippen molar-refractivity contribution in [2.45, 2.75) is 69.2 Å². The van der Waals surface area contributed by atoms with Crippen molar-refractivity contribution in [3.8, 4) is 0 Å². The van der Waals surface area contributed by atoms with Gasteiger partial charge in [0.2, 0.25) is 5.95 Å². The molecule has 6 aliphatic rings. The molecule has 12 heteroatoms. The van der Waals surface area contributed by atoms with Gasteiger partial charge in [-0.3, -0.25) is 4.90 Å². The highest BCUT2D eigenvalue weighted by Crippen LogP contribution is 2.49. The fraction of sp³-hybridized carbons (Fsp3) is 0.447. The minimum atomic E-state index is -2.78. The number of hydrogen-bond acceptors (Lipinski definition) is 9. The first-order valence-corrected chi connectivity index (χ1v) is 21.7. The van der Waals surface area contributed by atoms with Gasteiger partial charge in [-0.15, -0.1) is 0 Å². The Labute approximate surface area is 352 Å². The molecule has 6 heterocycles. The van der Waals surface area contributed by atoms with Crippen LogP contribution in [0.3, 0.4) is 0 Å². The Morgan fingerprint density at radius 1 is 0.966 bits per heavy atom. The molecule has 2 atom stereocenters. The number of halogens is 3. The zero-order valence-electron chi connectivity index (χ0n) is 34.2. The van der Waals surface area contributed by atoms with Gasteiger partial charge in [0.05, 0.1) is 17.9 Å². The van der Waals surface area contributed by atoms with Gasteiger partial charge in [0.15, 0.2) is 5.82 Å². The minimum Gasteiger partial charge on any atom is -0.375 e. The highest BCUT2D eigenvalue weighted by molar-refractivity contribution is 6.32. The molecule has 0 amide bonds. The topological polar surface area (TPSA) is 74.8 Å². The molecule has 1 aliphatic carbocycles. The molecule has 0 radical (unpaired) electrons. The van der Waals surface area contributed by atoms with Gasteiger partial charge in [0.25, 0.3) is 5.92 Å². The number of allylic oxidation sites excluding steroid dienone is 3. The molecule has 4 fully saturated rings. The molecule has 1 aromatic heterocycles. The summed E-state index contributed by atoms with van der Waals surface area (Å²) in [7, 11) is 1.95.